The number of nitrogens with one attached hydrogen (secondary N) is 1. The third-order valence-corrected chi connectivity index (χ3v) is 2.57. The number of hydrogen-bond acceptors (Lipinski definition) is 4. The molecule has 0 bridgehead atoms. The first-order valence-electron chi connectivity index (χ1n) is 6.46. The molecule has 0 atom stereocenters. The monoisotopic (exact) mass is 284 g/mol. The zero-order chi connectivity index (χ0) is 14.9. The van der Waals surface area contributed by atoms with Crippen molar-refractivity contribution in [2.45, 2.75) is 6.42 Å². The molecule has 5 nitrogen and oxygen atoms in total. The SMILES string of the molecule is CON=CCC(=O)Nc1ccc(Oc2ccccc2)cc1. The lowest BCUT2D eigenvalue weighted by molar-refractivity contribution is -0.115. The Morgan fingerprint density at radius 3 is 2.43 bits per heavy atom. The molecule has 108 valence electrons. The van der Waals surface area contributed by atoms with E-state index in [0.717, 1.165) is 5.75 Å². The highest BCUT2D eigenvalue weighted by Gasteiger charge is 2.01. The van der Waals surface area contributed by atoms with E-state index in [9.17, 15) is 4.79 Å². The quantitative estimate of drug-likeness (QED) is 0.653. The summed E-state index contributed by atoms with van der Waals surface area (Å²) in [5, 5.41) is 6.26. The smallest absolute Gasteiger partial charge is 0.229 e. The van der Waals surface area contributed by atoms with E-state index in [1.54, 1.807) is 24.3 Å². The molecule has 5 heteroatoms. The van der Waals surface area contributed by atoms with E-state index in [1.165, 1.54) is 13.3 Å². The third-order valence-electron chi connectivity index (χ3n) is 2.57. The van der Waals surface area contributed by atoms with Crippen LogP contribution in [0, 0.1) is 0 Å². The van der Waals surface area contributed by atoms with Crippen molar-refractivity contribution in [3.63, 3.8) is 0 Å². The number of oxime groups is 1. The van der Waals surface area contributed by atoms with Crippen LogP contribution in [0.25, 0.3) is 0 Å². The van der Waals surface area contributed by atoms with Gasteiger partial charge in [-0.05, 0) is 36.4 Å². The summed E-state index contributed by atoms with van der Waals surface area (Å²) < 4.78 is 5.67. The van der Waals surface area contributed by atoms with Crippen LogP contribution in [0.4, 0.5) is 5.69 Å². The van der Waals surface area contributed by atoms with Crippen molar-refractivity contribution in [3.8, 4) is 11.5 Å². The van der Waals surface area contributed by atoms with E-state index in [1.807, 2.05) is 30.3 Å². The molecule has 0 aliphatic heterocycles. The van der Waals surface area contributed by atoms with Gasteiger partial charge in [-0.3, -0.25) is 4.79 Å². The lowest BCUT2D eigenvalue weighted by Gasteiger charge is -2.07. The molecule has 0 aromatic heterocycles. The Morgan fingerprint density at radius 1 is 1.10 bits per heavy atom. The number of benzene rings is 2. The third kappa shape index (κ3) is 4.99. The molecule has 0 aliphatic rings. The van der Waals surface area contributed by atoms with Crippen molar-refractivity contribution >= 4 is 17.8 Å². The average molecular weight is 284 g/mol. The first-order chi connectivity index (χ1) is 10.3. The molecule has 0 heterocycles. The Morgan fingerprint density at radius 2 is 1.76 bits per heavy atom. The van der Waals surface area contributed by atoms with Gasteiger partial charge in [-0.2, -0.15) is 0 Å². The van der Waals surface area contributed by atoms with Crippen molar-refractivity contribution in [2.75, 3.05) is 12.4 Å². The van der Waals surface area contributed by atoms with E-state index in [2.05, 4.69) is 15.3 Å². The van der Waals surface area contributed by atoms with Gasteiger partial charge in [-0.1, -0.05) is 23.4 Å². The first-order valence-corrected chi connectivity index (χ1v) is 6.46. The van der Waals surface area contributed by atoms with E-state index in [0.29, 0.717) is 11.4 Å². The molecule has 0 saturated heterocycles. The maximum absolute atomic E-state index is 11.6. The summed E-state index contributed by atoms with van der Waals surface area (Å²) in [7, 11) is 1.43. The van der Waals surface area contributed by atoms with Gasteiger partial charge in [0.05, 0.1) is 12.6 Å². The van der Waals surface area contributed by atoms with Crippen molar-refractivity contribution in [3.05, 3.63) is 54.6 Å². The summed E-state index contributed by atoms with van der Waals surface area (Å²) in [6.45, 7) is 0. The van der Waals surface area contributed by atoms with Crippen molar-refractivity contribution in [1.82, 2.24) is 0 Å². The Labute approximate surface area is 123 Å². The number of amides is 1. The number of carbonyl (C=O) groups is 1. The molecule has 0 unspecified atom stereocenters. The lowest BCUT2D eigenvalue weighted by Crippen LogP contribution is -2.11. The second-order valence-electron chi connectivity index (χ2n) is 4.16. The van der Waals surface area contributed by atoms with E-state index in [4.69, 9.17) is 4.74 Å². The molecule has 0 fully saturated rings. The number of anilines is 1. The molecule has 0 aliphatic carbocycles. The summed E-state index contributed by atoms with van der Waals surface area (Å²) in [4.78, 5) is 16.1. The minimum absolute atomic E-state index is 0.160. The van der Waals surface area contributed by atoms with Gasteiger partial charge in [0, 0.05) is 5.69 Å². The van der Waals surface area contributed by atoms with Crippen molar-refractivity contribution in [1.29, 1.82) is 0 Å². The molecule has 0 radical (unpaired) electrons. The molecule has 1 N–H and O–H groups in total. The molecule has 2 aromatic rings. The topological polar surface area (TPSA) is 59.9 Å². The lowest BCUT2D eigenvalue weighted by atomic mass is 10.3. The largest absolute Gasteiger partial charge is 0.457 e. The Kier molecular flexibility index (Phi) is 5.34. The van der Waals surface area contributed by atoms with Gasteiger partial charge in [0.25, 0.3) is 0 Å². The predicted octanol–water partition coefficient (Wildman–Crippen LogP) is 3.44. The van der Waals surface area contributed by atoms with Gasteiger partial charge in [0.1, 0.15) is 18.6 Å². The van der Waals surface area contributed by atoms with Gasteiger partial charge in [0.2, 0.25) is 5.91 Å². The first kappa shape index (κ1) is 14.6. The number of rotatable bonds is 6. The highest BCUT2D eigenvalue weighted by molar-refractivity contribution is 5.98. The van der Waals surface area contributed by atoms with Crippen LogP contribution in [-0.4, -0.2) is 19.2 Å². The zero-order valence-electron chi connectivity index (χ0n) is 11.7. The van der Waals surface area contributed by atoms with E-state index in [-0.39, 0.29) is 12.3 Å². The summed E-state index contributed by atoms with van der Waals surface area (Å²) in [5.74, 6) is 1.32. The summed E-state index contributed by atoms with van der Waals surface area (Å²) in [6, 6.07) is 16.7. The fraction of sp³-hybridized carbons (Fsp3) is 0.125. The molecular formula is C16H16N2O3. The minimum Gasteiger partial charge on any atom is -0.457 e. The van der Waals surface area contributed by atoms with Gasteiger partial charge in [-0.15, -0.1) is 0 Å². The van der Waals surface area contributed by atoms with Crippen molar-refractivity contribution < 1.29 is 14.4 Å². The fourth-order valence-corrected chi connectivity index (χ4v) is 1.64. The van der Waals surface area contributed by atoms with Crippen LogP contribution >= 0.6 is 0 Å². The van der Waals surface area contributed by atoms with Gasteiger partial charge < -0.3 is 14.9 Å². The molecule has 0 spiro atoms. The van der Waals surface area contributed by atoms with Crippen molar-refractivity contribution in [2.24, 2.45) is 5.16 Å². The summed E-state index contributed by atoms with van der Waals surface area (Å²) >= 11 is 0. The molecule has 2 rings (SSSR count). The minimum atomic E-state index is -0.160. The highest BCUT2D eigenvalue weighted by atomic mass is 16.6. The molecule has 0 saturated carbocycles. The molecule has 1 amide bonds. The standard InChI is InChI=1S/C16H16N2O3/c1-20-17-12-11-16(19)18-13-7-9-15(10-8-13)21-14-5-3-2-4-6-14/h2-10,12H,11H2,1H3,(H,18,19). The van der Waals surface area contributed by atoms with Crippen LogP contribution in [0.15, 0.2) is 59.8 Å². The van der Waals surface area contributed by atoms with Crippen LogP contribution in [0.1, 0.15) is 6.42 Å². The molecule has 21 heavy (non-hydrogen) atoms. The Bertz CT molecular complexity index is 595. The number of carbonyl (C=O) groups excluding carboxylic acids is 1. The fourth-order valence-electron chi connectivity index (χ4n) is 1.64. The van der Waals surface area contributed by atoms with Crippen LogP contribution in [0.5, 0.6) is 11.5 Å². The van der Waals surface area contributed by atoms with Gasteiger partial charge in [-0.25, -0.2) is 0 Å². The second-order valence-corrected chi connectivity index (χ2v) is 4.16. The maximum Gasteiger partial charge on any atom is 0.229 e. The average Bonchev–Trinajstić information content (AvgIpc) is 2.51. The Balaban J connectivity index is 1.90. The molecular weight excluding hydrogens is 268 g/mol. The normalized spacial score (nSPS) is 10.3. The van der Waals surface area contributed by atoms with E-state index >= 15 is 0 Å². The van der Waals surface area contributed by atoms with Gasteiger partial charge in [0.15, 0.2) is 0 Å². The predicted molar refractivity (Wildman–Crippen MR) is 81.7 cm³/mol. The zero-order valence-corrected chi connectivity index (χ0v) is 11.7. The van der Waals surface area contributed by atoms with E-state index < -0.39 is 0 Å². The number of hydrogen-bond donors (Lipinski definition) is 1. The van der Waals surface area contributed by atoms with Crippen LogP contribution < -0.4 is 10.1 Å². The Hall–Kier alpha value is -2.82. The summed E-state index contributed by atoms with van der Waals surface area (Å²) in [5.41, 5.74) is 0.700. The highest BCUT2D eigenvalue weighted by Crippen LogP contribution is 2.22. The second kappa shape index (κ2) is 7.69. The number of ether oxygens (including phenoxy) is 1. The van der Waals surface area contributed by atoms with Crippen LogP contribution in [-0.2, 0) is 9.63 Å². The number of nitrogens with zero attached hydrogens (tertiary/aromatic N) is 1. The van der Waals surface area contributed by atoms with Crippen LogP contribution in [0.3, 0.4) is 0 Å². The summed E-state index contributed by atoms with van der Waals surface area (Å²) in [6.07, 6.45) is 1.57. The number of para-hydroxylation sites is 1. The maximum atomic E-state index is 11.6. The van der Waals surface area contributed by atoms with Gasteiger partial charge >= 0.3 is 0 Å². The molecule has 2 aromatic carbocycles. The van der Waals surface area contributed by atoms with Crippen LogP contribution in [0.2, 0.25) is 0 Å².